The SMILES string of the molecule is CS(=O)(=O)N(CCCC(=O)NCCSCc1ccccc1)c1ccc2c(c1)OCO2. The number of anilines is 1. The first-order valence-electron chi connectivity index (χ1n) is 9.69. The Morgan fingerprint density at radius 2 is 1.90 bits per heavy atom. The fourth-order valence-corrected chi connectivity index (χ4v) is 4.80. The number of carbonyl (C=O) groups excluding carboxylic acids is 1. The Bertz CT molecular complexity index is 951. The highest BCUT2D eigenvalue weighted by atomic mass is 32.2. The van der Waals surface area contributed by atoms with Gasteiger partial charge in [-0.1, -0.05) is 30.3 Å². The maximum atomic E-state index is 12.2. The average Bonchev–Trinajstić information content (AvgIpc) is 3.18. The van der Waals surface area contributed by atoms with E-state index >= 15 is 0 Å². The first kappa shape index (κ1) is 22.3. The number of hydrogen-bond acceptors (Lipinski definition) is 6. The number of rotatable bonds is 11. The lowest BCUT2D eigenvalue weighted by Crippen LogP contribution is -2.32. The van der Waals surface area contributed by atoms with E-state index in [1.165, 1.54) is 9.87 Å². The third-order valence-corrected chi connectivity index (χ3v) is 6.71. The lowest BCUT2D eigenvalue weighted by Gasteiger charge is -2.22. The molecule has 0 unspecified atom stereocenters. The van der Waals surface area contributed by atoms with Crippen molar-refractivity contribution in [2.45, 2.75) is 18.6 Å². The normalized spacial score (nSPS) is 12.6. The van der Waals surface area contributed by atoms with Crippen molar-refractivity contribution in [1.82, 2.24) is 5.32 Å². The van der Waals surface area contributed by atoms with Gasteiger partial charge in [0.15, 0.2) is 11.5 Å². The Kier molecular flexibility index (Phi) is 7.87. The smallest absolute Gasteiger partial charge is 0.232 e. The Morgan fingerprint density at radius 1 is 1.13 bits per heavy atom. The molecule has 2 aromatic rings. The van der Waals surface area contributed by atoms with E-state index in [1.807, 2.05) is 18.2 Å². The van der Waals surface area contributed by atoms with Gasteiger partial charge >= 0.3 is 0 Å². The van der Waals surface area contributed by atoms with Crippen LogP contribution in [0.2, 0.25) is 0 Å². The quantitative estimate of drug-likeness (QED) is 0.530. The summed E-state index contributed by atoms with van der Waals surface area (Å²) in [5.41, 5.74) is 1.76. The summed E-state index contributed by atoms with van der Waals surface area (Å²) in [6.45, 7) is 0.935. The molecule has 162 valence electrons. The monoisotopic (exact) mass is 450 g/mol. The third kappa shape index (κ3) is 6.56. The lowest BCUT2D eigenvalue weighted by molar-refractivity contribution is -0.121. The maximum absolute atomic E-state index is 12.2. The number of nitrogens with zero attached hydrogens (tertiary/aromatic N) is 1. The molecule has 0 saturated carbocycles. The molecule has 0 bridgehead atoms. The molecule has 3 rings (SSSR count). The molecule has 1 aliphatic heterocycles. The Morgan fingerprint density at radius 3 is 2.67 bits per heavy atom. The van der Waals surface area contributed by atoms with E-state index in [0.29, 0.717) is 30.2 Å². The summed E-state index contributed by atoms with van der Waals surface area (Å²) in [7, 11) is -3.48. The van der Waals surface area contributed by atoms with Crippen LogP contribution < -0.4 is 19.1 Å². The number of nitrogens with one attached hydrogen (secondary N) is 1. The molecule has 1 heterocycles. The van der Waals surface area contributed by atoms with Crippen LogP contribution in [0.25, 0.3) is 0 Å². The molecule has 0 radical (unpaired) electrons. The second-order valence-corrected chi connectivity index (χ2v) is 9.88. The van der Waals surface area contributed by atoms with Crippen molar-refractivity contribution >= 4 is 33.4 Å². The van der Waals surface area contributed by atoms with Crippen LogP contribution >= 0.6 is 11.8 Å². The Balaban J connectivity index is 1.40. The molecule has 0 spiro atoms. The fourth-order valence-electron chi connectivity index (χ4n) is 3.03. The Hall–Kier alpha value is -2.39. The van der Waals surface area contributed by atoms with Crippen LogP contribution in [0.3, 0.4) is 0 Å². The molecule has 0 fully saturated rings. The van der Waals surface area contributed by atoms with Gasteiger partial charge in [-0.05, 0) is 24.1 Å². The summed E-state index contributed by atoms with van der Waals surface area (Å²) in [5.74, 6) is 2.78. The van der Waals surface area contributed by atoms with Crippen LogP contribution in [-0.4, -0.2) is 46.2 Å². The van der Waals surface area contributed by atoms with Gasteiger partial charge in [0.25, 0.3) is 0 Å². The summed E-state index contributed by atoms with van der Waals surface area (Å²) in [6, 6.07) is 15.2. The third-order valence-electron chi connectivity index (χ3n) is 4.49. The minimum atomic E-state index is -3.48. The molecule has 9 heteroatoms. The van der Waals surface area contributed by atoms with E-state index in [-0.39, 0.29) is 25.7 Å². The van der Waals surface area contributed by atoms with E-state index in [9.17, 15) is 13.2 Å². The van der Waals surface area contributed by atoms with E-state index in [1.54, 1.807) is 30.0 Å². The van der Waals surface area contributed by atoms with Gasteiger partial charge < -0.3 is 14.8 Å². The number of ether oxygens (including phenoxy) is 2. The molecule has 30 heavy (non-hydrogen) atoms. The van der Waals surface area contributed by atoms with Crippen molar-refractivity contribution in [1.29, 1.82) is 0 Å². The number of thioether (sulfide) groups is 1. The molecule has 0 aliphatic carbocycles. The number of carbonyl (C=O) groups is 1. The molecule has 1 aliphatic rings. The van der Waals surface area contributed by atoms with Gasteiger partial charge in [0.05, 0.1) is 11.9 Å². The minimum Gasteiger partial charge on any atom is -0.454 e. The van der Waals surface area contributed by atoms with E-state index < -0.39 is 10.0 Å². The summed E-state index contributed by atoms with van der Waals surface area (Å²) < 4.78 is 36.3. The van der Waals surface area contributed by atoms with Gasteiger partial charge in [-0.15, -0.1) is 0 Å². The second kappa shape index (κ2) is 10.6. The van der Waals surface area contributed by atoms with Crippen LogP contribution in [0.4, 0.5) is 5.69 Å². The predicted molar refractivity (Wildman–Crippen MR) is 120 cm³/mol. The highest BCUT2D eigenvalue weighted by Crippen LogP contribution is 2.36. The van der Waals surface area contributed by atoms with Crippen molar-refractivity contribution in [3.05, 3.63) is 54.1 Å². The van der Waals surface area contributed by atoms with Crippen molar-refractivity contribution in [3.8, 4) is 11.5 Å². The van der Waals surface area contributed by atoms with Crippen molar-refractivity contribution in [2.75, 3.05) is 36.2 Å². The van der Waals surface area contributed by atoms with Crippen LogP contribution in [0.15, 0.2) is 48.5 Å². The molecule has 0 atom stereocenters. The van der Waals surface area contributed by atoms with Gasteiger partial charge in [0, 0.05) is 37.1 Å². The first-order valence-corrected chi connectivity index (χ1v) is 12.7. The maximum Gasteiger partial charge on any atom is 0.232 e. The first-order chi connectivity index (χ1) is 14.4. The number of sulfonamides is 1. The highest BCUT2D eigenvalue weighted by molar-refractivity contribution is 7.98. The van der Waals surface area contributed by atoms with Gasteiger partial charge in [-0.3, -0.25) is 9.10 Å². The number of hydrogen-bond donors (Lipinski definition) is 1. The predicted octanol–water partition coefficient (Wildman–Crippen LogP) is 3.01. The van der Waals surface area contributed by atoms with E-state index in [2.05, 4.69) is 17.4 Å². The van der Waals surface area contributed by atoms with Crippen LogP contribution in [0.1, 0.15) is 18.4 Å². The molecule has 1 N–H and O–H groups in total. The number of benzene rings is 2. The van der Waals surface area contributed by atoms with Gasteiger partial charge in [0.2, 0.25) is 22.7 Å². The van der Waals surface area contributed by atoms with Crippen LogP contribution in [-0.2, 0) is 20.6 Å². The zero-order valence-electron chi connectivity index (χ0n) is 16.9. The van der Waals surface area contributed by atoms with Crippen LogP contribution in [0, 0.1) is 0 Å². The zero-order chi connectivity index (χ0) is 21.4. The summed E-state index contributed by atoms with van der Waals surface area (Å²) in [4.78, 5) is 12.1. The van der Waals surface area contributed by atoms with Crippen LogP contribution in [0.5, 0.6) is 11.5 Å². The minimum absolute atomic E-state index is 0.0746. The standard InChI is InChI=1S/C21H26N2O5S2/c1-30(25,26)23(18-9-10-19-20(14-18)28-16-27-19)12-5-8-21(24)22-11-13-29-15-17-6-3-2-4-7-17/h2-4,6-7,9-10,14H,5,8,11-13,15-16H2,1H3,(H,22,24). The molecule has 1 amide bonds. The van der Waals surface area contributed by atoms with Gasteiger partial charge in [-0.25, -0.2) is 8.42 Å². The van der Waals surface area contributed by atoms with Crippen molar-refractivity contribution < 1.29 is 22.7 Å². The summed E-state index contributed by atoms with van der Waals surface area (Å²) in [5, 5.41) is 2.89. The molecule has 0 aromatic heterocycles. The molecule has 7 nitrogen and oxygen atoms in total. The number of fused-ring (bicyclic) bond motifs is 1. The fraction of sp³-hybridized carbons (Fsp3) is 0.381. The van der Waals surface area contributed by atoms with E-state index in [4.69, 9.17) is 9.47 Å². The topological polar surface area (TPSA) is 84.9 Å². The lowest BCUT2D eigenvalue weighted by atomic mass is 10.2. The van der Waals surface area contributed by atoms with E-state index in [0.717, 1.165) is 17.8 Å². The molecular formula is C21H26N2O5S2. The average molecular weight is 451 g/mol. The molecular weight excluding hydrogens is 424 g/mol. The molecule has 2 aromatic carbocycles. The zero-order valence-corrected chi connectivity index (χ0v) is 18.5. The number of amides is 1. The van der Waals surface area contributed by atoms with Gasteiger partial charge in [0.1, 0.15) is 0 Å². The van der Waals surface area contributed by atoms with Crippen molar-refractivity contribution in [2.24, 2.45) is 0 Å². The van der Waals surface area contributed by atoms with Crippen molar-refractivity contribution in [3.63, 3.8) is 0 Å². The Labute approximate surface area is 181 Å². The summed E-state index contributed by atoms with van der Waals surface area (Å²) >= 11 is 1.76. The largest absolute Gasteiger partial charge is 0.454 e. The second-order valence-electron chi connectivity index (χ2n) is 6.86. The van der Waals surface area contributed by atoms with Gasteiger partial charge in [-0.2, -0.15) is 11.8 Å². The summed E-state index contributed by atoms with van der Waals surface area (Å²) in [6.07, 6.45) is 1.84. The highest BCUT2D eigenvalue weighted by Gasteiger charge is 2.21. The molecule has 0 saturated heterocycles.